The minimum absolute atomic E-state index is 0.0686. The van der Waals surface area contributed by atoms with Gasteiger partial charge < -0.3 is 20.4 Å². The zero-order chi connectivity index (χ0) is 20.3. The van der Waals surface area contributed by atoms with E-state index in [-0.39, 0.29) is 23.4 Å². The van der Waals surface area contributed by atoms with E-state index < -0.39 is 5.82 Å². The van der Waals surface area contributed by atoms with E-state index in [1.165, 1.54) is 30.6 Å². The number of benzene rings is 1. The molecule has 0 radical (unpaired) electrons. The predicted octanol–water partition coefficient (Wildman–Crippen LogP) is 2.32. The van der Waals surface area contributed by atoms with Gasteiger partial charge in [0.15, 0.2) is 5.65 Å². The Labute approximate surface area is 161 Å². The van der Waals surface area contributed by atoms with Gasteiger partial charge in [-0.1, -0.05) is 0 Å². The van der Waals surface area contributed by atoms with Crippen LogP contribution in [0.1, 0.15) is 28.5 Å². The summed E-state index contributed by atoms with van der Waals surface area (Å²) in [7, 11) is 3.21. The maximum atomic E-state index is 13.5. The van der Waals surface area contributed by atoms with E-state index in [9.17, 15) is 9.18 Å². The largest absolute Gasteiger partial charge is 0.387 e. The van der Waals surface area contributed by atoms with Gasteiger partial charge in [0.05, 0.1) is 24.1 Å². The van der Waals surface area contributed by atoms with Crippen LogP contribution in [0.2, 0.25) is 0 Å². The highest BCUT2D eigenvalue weighted by atomic mass is 19.1. The number of rotatable bonds is 7. The van der Waals surface area contributed by atoms with E-state index in [4.69, 9.17) is 10.1 Å². The second-order valence-electron chi connectivity index (χ2n) is 6.30. The second-order valence-corrected chi connectivity index (χ2v) is 6.30. The molecule has 28 heavy (non-hydrogen) atoms. The van der Waals surface area contributed by atoms with Gasteiger partial charge in [-0.15, -0.1) is 0 Å². The topological polar surface area (TPSA) is 116 Å². The number of aromatic nitrogens is 3. The number of amides is 1. The monoisotopic (exact) mass is 384 g/mol. The van der Waals surface area contributed by atoms with Gasteiger partial charge in [0.2, 0.25) is 0 Å². The SMILES string of the molecule is CNc1cc(F)ccc1C(=N)c1cnc2[nH]cc(C(=O)NC(C)COC)c2n1. The van der Waals surface area contributed by atoms with Crippen LogP contribution in [-0.2, 0) is 4.74 Å². The first-order valence-corrected chi connectivity index (χ1v) is 8.65. The smallest absolute Gasteiger partial charge is 0.255 e. The fourth-order valence-corrected chi connectivity index (χ4v) is 2.86. The number of nitrogens with one attached hydrogen (secondary N) is 4. The molecule has 0 saturated carbocycles. The number of anilines is 1. The Hall–Kier alpha value is -3.33. The first-order valence-electron chi connectivity index (χ1n) is 8.65. The zero-order valence-corrected chi connectivity index (χ0v) is 15.8. The third-order valence-corrected chi connectivity index (χ3v) is 4.20. The lowest BCUT2D eigenvalue weighted by molar-refractivity contribution is 0.0907. The van der Waals surface area contributed by atoms with Crippen molar-refractivity contribution >= 4 is 28.5 Å². The Morgan fingerprint density at radius 3 is 2.89 bits per heavy atom. The Kier molecular flexibility index (Phi) is 5.65. The summed E-state index contributed by atoms with van der Waals surface area (Å²) in [5.41, 5.74) is 2.41. The van der Waals surface area contributed by atoms with Crippen LogP contribution in [-0.4, -0.2) is 53.4 Å². The molecule has 0 aliphatic rings. The van der Waals surface area contributed by atoms with Crippen LogP contribution in [0.5, 0.6) is 0 Å². The van der Waals surface area contributed by atoms with E-state index in [1.54, 1.807) is 14.2 Å². The van der Waals surface area contributed by atoms with Gasteiger partial charge >= 0.3 is 0 Å². The van der Waals surface area contributed by atoms with Crippen molar-refractivity contribution in [3.8, 4) is 0 Å². The lowest BCUT2D eigenvalue weighted by Crippen LogP contribution is -2.35. The van der Waals surface area contributed by atoms with Crippen molar-refractivity contribution in [1.29, 1.82) is 5.41 Å². The average molecular weight is 384 g/mol. The predicted molar refractivity (Wildman–Crippen MR) is 105 cm³/mol. The minimum atomic E-state index is -0.405. The van der Waals surface area contributed by atoms with Gasteiger partial charge in [-0.3, -0.25) is 10.2 Å². The number of hydrogen-bond acceptors (Lipinski definition) is 6. The molecule has 2 heterocycles. The van der Waals surface area contributed by atoms with Crippen molar-refractivity contribution in [3.63, 3.8) is 0 Å². The summed E-state index contributed by atoms with van der Waals surface area (Å²) < 4.78 is 18.5. The van der Waals surface area contributed by atoms with E-state index in [0.717, 1.165) is 0 Å². The second kappa shape index (κ2) is 8.13. The first-order chi connectivity index (χ1) is 13.4. The van der Waals surface area contributed by atoms with Gasteiger partial charge in [-0.2, -0.15) is 0 Å². The molecule has 0 bridgehead atoms. The summed E-state index contributed by atoms with van der Waals surface area (Å²) in [6.45, 7) is 2.21. The molecule has 1 aromatic carbocycles. The number of aromatic amines is 1. The molecule has 1 unspecified atom stereocenters. The highest BCUT2D eigenvalue weighted by Gasteiger charge is 2.19. The van der Waals surface area contributed by atoms with Crippen molar-refractivity contribution in [1.82, 2.24) is 20.3 Å². The van der Waals surface area contributed by atoms with E-state index in [1.807, 2.05) is 6.92 Å². The van der Waals surface area contributed by atoms with Gasteiger partial charge in [0.1, 0.15) is 17.0 Å². The molecule has 0 aliphatic carbocycles. The van der Waals surface area contributed by atoms with Crippen LogP contribution in [0.25, 0.3) is 11.2 Å². The lowest BCUT2D eigenvalue weighted by atomic mass is 10.1. The van der Waals surface area contributed by atoms with Crippen LogP contribution < -0.4 is 10.6 Å². The van der Waals surface area contributed by atoms with Crippen molar-refractivity contribution in [3.05, 3.63) is 53.2 Å². The molecule has 146 valence electrons. The van der Waals surface area contributed by atoms with Crippen molar-refractivity contribution in [2.45, 2.75) is 13.0 Å². The van der Waals surface area contributed by atoms with Crippen molar-refractivity contribution < 1.29 is 13.9 Å². The third-order valence-electron chi connectivity index (χ3n) is 4.20. The molecule has 0 spiro atoms. The van der Waals surface area contributed by atoms with Crippen LogP contribution in [0, 0.1) is 11.2 Å². The fourth-order valence-electron chi connectivity index (χ4n) is 2.86. The standard InChI is InChI=1S/C19H21FN6O2/c1-10(9-28-3)25-19(27)13-7-23-18-17(13)26-15(8-24-18)16(21)12-5-4-11(20)6-14(12)22-2/h4-8,10,21-22H,9H2,1-3H3,(H,23,24)(H,25,27). The Balaban J connectivity index is 1.96. The summed E-state index contributed by atoms with van der Waals surface area (Å²) in [6, 6.07) is 3.92. The molecule has 8 nitrogen and oxygen atoms in total. The zero-order valence-electron chi connectivity index (χ0n) is 15.8. The minimum Gasteiger partial charge on any atom is -0.387 e. The quantitative estimate of drug-likeness (QED) is 0.467. The lowest BCUT2D eigenvalue weighted by Gasteiger charge is -2.12. The molecule has 3 rings (SSSR count). The summed E-state index contributed by atoms with van der Waals surface area (Å²) >= 11 is 0. The van der Waals surface area contributed by atoms with Gasteiger partial charge in [0, 0.05) is 37.6 Å². The van der Waals surface area contributed by atoms with Crippen molar-refractivity contribution in [2.75, 3.05) is 26.1 Å². The molecule has 1 atom stereocenters. The van der Waals surface area contributed by atoms with E-state index in [2.05, 4.69) is 25.6 Å². The average Bonchev–Trinajstić information content (AvgIpc) is 3.10. The molecule has 4 N–H and O–H groups in total. The first kappa shape index (κ1) is 19.4. The molecule has 0 aliphatic heterocycles. The summed E-state index contributed by atoms with van der Waals surface area (Å²) in [5.74, 6) is -0.719. The number of ether oxygens (including phenoxy) is 1. The number of carbonyl (C=O) groups excluding carboxylic acids is 1. The number of halogens is 1. The van der Waals surface area contributed by atoms with Crippen molar-refractivity contribution in [2.24, 2.45) is 0 Å². The fraction of sp³-hybridized carbons (Fsp3) is 0.263. The number of hydrogen-bond donors (Lipinski definition) is 4. The molecule has 3 aromatic rings. The van der Waals surface area contributed by atoms with Crippen LogP contribution in [0.4, 0.5) is 10.1 Å². The van der Waals surface area contributed by atoms with Crippen LogP contribution in [0.15, 0.2) is 30.6 Å². The summed E-state index contributed by atoms with van der Waals surface area (Å²) in [6.07, 6.45) is 2.98. The number of methoxy groups -OCH3 is 1. The normalized spacial score (nSPS) is 12.0. The molecule has 0 fully saturated rings. The Morgan fingerprint density at radius 1 is 1.39 bits per heavy atom. The maximum Gasteiger partial charge on any atom is 0.255 e. The summed E-state index contributed by atoms with van der Waals surface area (Å²) in [4.78, 5) is 24.2. The van der Waals surface area contributed by atoms with Gasteiger partial charge in [0.25, 0.3) is 5.91 Å². The number of H-pyrrole nitrogens is 1. The number of fused-ring (bicyclic) bond motifs is 1. The highest BCUT2D eigenvalue weighted by molar-refractivity contribution is 6.14. The molecular formula is C19H21FN6O2. The van der Waals surface area contributed by atoms with Gasteiger partial charge in [-0.05, 0) is 25.1 Å². The third kappa shape index (κ3) is 3.84. The summed E-state index contributed by atoms with van der Waals surface area (Å²) in [5, 5.41) is 14.2. The van der Waals surface area contributed by atoms with Crippen LogP contribution in [0.3, 0.4) is 0 Å². The maximum absolute atomic E-state index is 13.5. The van der Waals surface area contributed by atoms with E-state index >= 15 is 0 Å². The highest BCUT2D eigenvalue weighted by Crippen LogP contribution is 2.21. The van der Waals surface area contributed by atoms with E-state index in [0.29, 0.717) is 34.6 Å². The molecular weight excluding hydrogens is 363 g/mol. The van der Waals surface area contributed by atoms with Crippen LogP contribution >= 0.6 is 0 Å². The Morgan fingerprint density at radius 2 is 2.18 bits per heavy atom. The Bertz CT molecular complexity index is 1030. The van der Waals surface area contributed by atoms with Gasteiger partial charge in [-0.25, -0.2) is 14.4 Å². The molecule has 9 heteroatoms. The molecule has 2 aromatic heterocycles. The number of nitrogens with zero attached hydrogens (tertiary/aromatic N) is 2. The molecule has 1 amide bonds. The number of carbonyl (C=O) groups is 1. The molecule has 0 saturated heterocycles.